The third-order valence-corrected chi connectivity index (χ3v) is 6.51. The maximum Gasteiger partial charge on any atom is 0.436 e. The maximum absolute atomic E-state index is 12.9. The molecule has 0 fully saturated rings. The lowest BCUT2D eigenvalue weighted by Crippen LogP contribution is -2.46. The Morgan fingerprint density at radius 1 is 1.06 bits per heavy atom. The van der Waals surface area contributed by atoms with Crippen molar-refractivity contribution >= 4 is 39.3 Å². The molecule has 0 atom stereocenters. The van der Waals surface area contributed by atoms with Crippen molar-refractivity contribution in [3.63, 3.8) is 0 Å². The van der Waals surface area contributed by atoms with Crippen LogP contribution >= 0.6 is 11.3 Å². The summed E-state index contributed by atoms with van der Waals surface area (Å²) in [6.45, 7) is 1.58. The molecule has 1 aromatic carbocycles. The summed E-state index contributed by atoms with van der Waals surface area (Å²) >= 11 is 1.27. The lowest BCUT2D eigenvalue weighted by molar-refractivity contribution is 0.0471. The molecule has 9 nitrogen and oxygen atoms in total. The largest absolute Gasteiger partial charge is 0.436 e. The first-order chi connectivity index (χ1) is 15.3. The van der Waals surface area contributed by atoms with E-state index in [9.17, 15) is 22.8 Å². The molecule has 0 radical (unpaired) electrons. The van der Waals surface area contributed by atoms with Crippen LogP contribution in [0.25, 0.3) is 0 Å². The van der Waals surface area contributed by atoms with Gasteiger partial charge in [0.1, 0.15) is 0 Å². The number of allylic oxidation sites excluding steroid dienone is 4. The van der Waals surface area contributed by atoms with Crippen molar-refractivity contribution in [3.05, 3.63) is 88.9 Å². The van der Waals surface area contributed by atoms with Gasteiger partial charge in [-0.15, -0.1) is 0 Å². The zero-order valence-electron chi connectivity index (χ0n) is 16.9. The van der Waals surface area contributed by atoms with Crippen LogP contribution in [0, 0.1) is 0 Å². The Morgan fingerprint density at radius 2 is 1.78 bits per heavy atom. The molecule has 0 bridgehead atoms. The highest BCUT2D eigenvalue weighted by Gasteiger charge is 2.24. The summed E-state index contributed by atoms with van der Waals surface area (Å²) in [6.07, 6.45) is 8.18. The van der Waals surface area contributed by atoms with Gasteiger partial charge < -0.3 is 4.74 Å². The normalized spacial score (nSPS) is 12.8. The first-order valence-corrected chi connectivity index (χ1v) is 11.7. The van der Waals surface area contributed by atoms with E-state index in [2.05, 4.69) is 5.43 Å². The molecular formula is C21H19N3O6S2. The van der Waals surface area contributed by atoms with Gasteiger partial charge in [-0.25, -0.2) is 27.3 Å². The predicted molar refractivity (Wildman–Crippen MR) is 118 cm³/mol. The van der Waals surface area contributed by atoms with E-state index >= 15 is 0 Å². The number of nitrogens with zero attached hydrogens (tertiary/aromatic N) is 2. The fourth-order valence-corrected chi connectivity index (χ4v) is 4.40. The van der Waals surface area contributed by atoms with Crippen molar-refractivity contribution in [2.24, 2.45) is 0 Å². The summed E-state index contributed by atoms with van der Waals surface area (Å²) in [4.78, 5) is 36.8. The second kappa shape index (κ2) is 10.1. The van der Waals surface area contributed by atoms with Crippen LogP contribution < -0.4 is 5.43 Å². The van der Waals surface area contributed by atoms with Crippen LogP contribution in [-0.4, -0.2) is 42.2 Å². The van der Waals surface area contributed by atoms with E-state index in [-0.39, 0.29) is 22.6 Å². The summed E-state index contributed by atoms with van der Waals surface area (Å²) in [5.74, 6) is -1.59. The highest BCUT2D eigenvalue weighted by Crippen LogP contribution is 2.19. The minimum atomic E-state index is -3.94. The molecule has 3 rings (SSSR count). The number of hydrogen-bond donors (Lipinski definition) is 1. The Kier molecular flexibility index (Phi) is 7.23. The molecule has 1 aliphatic rings. The Balaban J connectivity index is 1.73. The predicted octanol–water partition coefficient (Wildman–Crippen LogP) is 3.28. The van der Waals surface area contributed by atoms with E-state index < -0.39 is 28.0 Å². The van der Waals surface area contributed by atoms with Crippen LogP contribution in [0.1, 0.15) is 27.6 Å². The number of esters is 1. The molecule has 2 aromatic rings. The molecule has 166 valence electrons. The number of rotatable bonds is 5. The third kappa shape index (κ3) is 5.31. The average Bonchev–Trinajstić information content (AvgIpc) is 3.19. The van der Waals surface area contributed by atoms with E-state index in [4.69, 9.17) is 4.74 Å². The molecule has 0 unspecified atom stereocenters. The summed E-state index contributed by atoms with van der Waals surface area (Å²) < 4.78 is 31.5. The molecule has 11 heteroatoms. The van der Waals surface area contributed by atoms with Gasteiger partial charge in [0.05, 0.1) is 10.5 Å². The number of amides is 2. The van der Waals surface area contributed by atoms with Crippen molar-refractivity contribution in [2.45, 2.75) is 11.8 Å². The van der Waals surface area contributed by atoms with E-state index in [1.165, 1.54) is 59.4 Å². The number of ether oxygens (including phenoxy) is 1. The topological polar surface area (TPSA) is 113 Å². The molecule has 1 aromatic heterocycles. The number of hydrazine groups is 1. The van der Waals surface area contributed by atoms with Crippen LogP contribution in [0.2, 0.25) is 0 Å². The van der Waals surface area contributed by atoms with Crippen molar-refractivity contribution < 1.29 is 27.5 Å². The second-order valence-corrected chi connectivity index (χ2v) is 8.91. The number of nitrogens with one attached hydrogen (secondary N) is 1. The Hall–Kier alpha value is -3.70. The Labute approximate surface area is 188 Å². The maximum atomic E-state index is 12.9. The minimum absolute atomic E-state index is 0.00222. The van der Waals surface area contributed by atoms with Crippen molar-refractivity contribution in [1.82, 2.24) is 14.7 Å². The van der Waals surface area contributed by atoms with Gasteiger partial charge in [0.15, 0.2) is 0 Å². The molecule has 2 heterocycles. The van der Waals surface area contributed by atoms with E-state index in [0.717, 1.165) is 9.31 Å². The zero-order chi connectivity index (χ0) is 23.1. The monoisotopic (exact) mass is 473 g/mol. The van der Waals surface area contributed by atoms with Crippen LogP contribution in [-0.2, 0) is 14.8 Å². The highest BCUT2D eigenvalue weighted by molar-refractivity contribution is 7.89. The van der Waals surface area contributed by atoms with E-state index in [0.29, 0.717) is 0 Å². The Bertz CT molecular complexity index is 1180. The molecule has 1 aliphatic heterocycles. The van der Waals surface area contributed by atoms with Gasteiger partial charge in [-0.05, 0) is 48.7 Å². The molecule has 1 N–H and O–H groups in total. The summed E-state index contributed by atoms with van der Waals surface area (Å²) in [7, 11) is -3.94. The van der Waals surface area contributed by atoms with Gasteiger partial charge in [0.25, 0.3) is 15.9 Å². The van der Waals surface area contributed by atoms with Gasteiger partial charge in [-0.2, -0.15) is 11.3 Å². The lowest BCUT2D eigenvalue weighted by atomic mass is 10.2. The zero-order valence-corrected chi connectivity index (χ0v) is 18.5. The molecule has 2 amide bonds. The van der Waals surface area contributed by atoms with E-state index in [1.807, 2.05) is 0 Å². The molecule has 0 saturated heterocycles. The quantitative estimate of drug-likeness (QED) is 0.405. The van der Waals surface area contributed by atoms with Crippen LogP contribution in [0.5, 0.6) is 0 Å². The van der Waals surface area contributed by atoms with Crippen molar-refractivity contribution in [1.29, 1.82) is 0 Å². The SMILES string of the molecule is CCN(NC(=O)c1cccc(S(=O)(=O)N2C=CC=CC=C2)c1)C(=O)OC(=O)c1ccsc1. The van der Waals surface area contributed by atoms with Crippen molar-refractivity contribution in [3.8, 4) is 0 Å². The summed E-state index contributed by atoms with van der Waals surface area (Å²) in [6, 6.07) is 6.88. The third-order valence-electron chi connectivity index (χ3n) is 4.18. The highest BCUT2D eigenvalue weighted by atomic mass is 32.2. The number of carbonyl (C=O) groups is 3. The first kappa shape index (κ1) is 23.0. The summed E-state index contributed by atoms with van der Waals surface area (Å²) in [5.41, 5.74) is 2.55. The molecule has 0 aliphatic carbocycles. The van der Waals surface area contributed by atoms with Gasteiger partial charge in [-0.3, -0.25) is 10.2 Å². The number of thiophene rings is 1. The van der Waals surface area contributed by atoms with Gasteiger partial charge in [0.2, 0.25) is 0 Å². The number of carbonyl (C=O) groups excluding carboxylic acids is 3. The second-order valence-electron chi connectivity index (χ2n) is 6.28. The van der Waals surface area contributed by atoms with Gasteiger partial charge in [-0.1, -0.05) is 18.2 Å². The molecular weight excluding hydrogens is 454 g/mol. The molecule has 0 saturated carbocycles. The van der Waals surface area contributed by atoms with E-state index in [1.54, 1.807) is 36.6 Å². The van der Waals surface area contributed by atoms with Crippen LogP contribution in [0.15, 0.2) is 82.7 Å². The van der Waals surface area contributed by atoms with Crippen molar-refractivity contribution in [2.75, 3.05) is 6.54 Å². The fraction of sp³-hybridized carbons (Fsp3) is 0.0952. The smallest absolute Gasteiger partial charge is 0.371 e. The lowest BCUT2D eigenvalue weighted by Gasteiger charge is -2.20. The average molecular weight is 474 g/mol. The number of sulfonamides is 1. The van der Waals surface area contributed by atoms with Gasteiger partial charge in [0, 0.05) is 29.9 Å². The number of benzene rings is 1. The first-order valence-electron chi connectivity index (χ1n) is 9.35. The molecule has 32 heavy (non-hydrogen) atoms. The minimum Gasteiger partial charge on any atom is -0.371 e. The summed E-state index contributed by atoms with van der Waals surface area (Å²) in [5, 5.41) is 4.01. The Morgan fingerprint density at radius 3 is 2.41 bits per heavy atom. The molecule has 0 spiro atoms. The van der Waals surface area contributed by atoms with Crippen LogP contribution in [0.4, 0.5) is 4.79 Å². The fourth-order valence-electron chi connectivity index (χ4n) is 2.54. The number of hydrogen-bond acceptors (Lipinski definition) is 7. The standard InChI is InChI=1S/C21H19N3O6S2/c1-2-24(21(27)30-20(26)17-10-13-31-15-17)22-19(25)16-8-7-9-18(14-16)32(28,29)23-11-5-3-4-6-12-23/h3-15H,2H2,1H3,(H,22,25). The van der Waals surface area contributed by atoms with Gasteiger partial charge >= 0.3 is 12.1 Å². The van der Waals surface area contributed by atoms with Crippen LogP contribution in [0.3, 0.4) is 0 Å².